The largest absolute Gasteiger partial charge is 0.465 e. The van der Waals surface area contributed by atoms with Crippen molar-refractivity contribution in [2.24, 2.45) is 23.7 Å². The minimum absolute atomic E-state index is 0.0228. The number of carbonyl (C=O) groups excluding carboxylic acids is 10. The van der Waals surface area contributed by atoms with Gasteiger partial charge >= 0.3 is 53.7 Å². The first-order valence-corrected chi connectivity index (χ1v) is 29.3. The van der Waals surface area contributed by atoms with Gasteiger partial charge in [-0.15, -0.1) is 0 Å². The average Bonchev–Trinajstić information content (AvgIpc) is 2.48. The fourth-order valence-corrected chi connectivity index (χ4v) is 11.6. The Morgan fingerprint density at radius 2 is 0.965 bits per heavy atom. The van der Waals surface area contributed by atoms with Gasteiger partial charge in [-0.25, -0.2) is 19.7 Å². The van der Waals surface area contributed by atoms with Gasteiger partial charge in [-0.2, -0.15) is 0 Å². The number of hydrogen-bond donors (Lipinski definition) is 0. The first kappa shape index (κ1) is 65.6. The highest BCUT2D eigenvalue weighted by atomic mass is 32.2. The maximum atomic E-state index is 13.8. The summed E-state index contributed by atoms with van der Waals surface area (Å²) < 4.78 is 48.7. The number of nitriles is 1. The molecular weight excluding hydrogens is 1140 g/mol. The summed E-state index contributed by atoms with van der Waals surface area (Å²) in [4.78, 5) is 128. The fraction of sp³-hybridized carbons (Fsp3) is 0.419. The molecule has 23 heteroatoms. The van der Waals surface area contributed by atoms with Gasteiger partial charge in [0.1, 0.15) is 42.0 Å². The van der Waals surface area contributed by atoms with Gasteiger partial charge in [0, 0.05) is 37.8 Å². The number of ketones is 1. The van der Waals surface area contributed by atoms with Crippen LogP contribution in [0.5, 0.6) is 23.0 Å². The van der Waals surface area contributed by atoms with E-state index in [1.54, 1.807) is 61.5 Å². The van der Waals surface area contributed by atoms with Crippen LogP contribution in [0.15, 0.2) is 99.6 Å². The van der Waals surface area contributed by atoms with Crippen LogP contribution in [0.1, 0.15) is 107 Å². The van der Waals surface area contributed by atoms with Crippen LogP contribution in [0.3, 0.4) is 0 Å². The van der Waals surface area contributed by atoms with E-state index in [4.69, 9.17) is 49.2 Å². The van der Waals surface area contributed by atoms with E-state index in [9.17, 15) is 53.2 Å². The summed E-state index contributed by atoms with van der Waals surface area (Å²) >= 11 is 2.14. The van der Waals surface area contributed by atoms with Gasteiger partial charge in [0.25, 0.3) is 5.70 Å². The molecule has 2 fully saturated rings. The topological polar surface area (TPSA) is 282 Å². The van der Waals surface area contributed by atoms with E-state index in [2.05, 4.69) is 18.0 Å². The van der Waals surface area contributed by atoms with Crippen LogP contribution in [0.2, 0.25) is 0 Å². The quantitative estimate of drug-likeness (QED) is 0.0119. The van der Waals surface area contributed by atoms with Crippen molar-refractivity contribution < 1.29 is 90.6 Å². The summed E-state index contributed by atoms with van der Waals surface area (Å²) in [6.07, 6.45) is 5.74. The zero-order valence-corrected chi connectivity index (χ0v) is 48.5. The number of hydrogen-bond acceptors (Lipinski definition) is 22. The number of esters is 9. The molecule has 3 aromatic rings. The lowest BCUT2D eigenvalue weighted by Gasteiger charge is -2.27. The predicted octanol–water partition coefficient (Wildman–Crippen LogP) is 9.52. The summed E-state index contributed by atoms with van der Waals surface area (Å²) in [7, 11) is 0. The Bertz CT molecular complexity index is 3090. The van der Waals surface area contributed by atoms with Crippen molar-refractivity contribution in [2.75, 3.05) is 33.0 Å². The van der Waals surface area contributed by atoms with Gasteiger partial charge in [0.15, 0.2) is 0 Å². The van der Waals surface area contributed by atoms with E-state index in [1.807, 2.05) is 6.07 Å². The second-order valence-electron chi connectivity index (χ2n) is 19.9. The van der Waals surface area contributed by atoms with Gasteiger partial charge in [-0.3, -0.25) is 38.4 Å². The van der Waals surface area contributed by atoms with Crippen LogP contribution >= 0.6 is 23.5 Å². The molecule has 0 bridgehead atoms. The van der Waals surface area contributed by atoms with E-state index in [0.29, 0.717) is 102 Å². The molecular formula is C62H64N2O19S2. The molecule has 0 unspecified atom stereocenters. The van der Waals surface area contributed by atoms with Crippen LogP contribution in [0.4, 0.5) is 0 Å². The predicted molar refractivity (Wildman–Crippen MR) is 304 cm³/mol. The highest BCUT2D eigenvalue weighted by Crippen LogP contribution is 2.60. The smallest absolute Gasteiger partial charge is 0.330 e. The lowest BCUT2D eigenvalue weighted by atomic mass is 9.82. The lowest BCUT2D eigenvalue weighted by Crippen LogP contribution is -2.31. The number of ether oxygens (including phenoxy) is 9. The third-order valence-corrected chi connectivity index (χ3v) is 16.4. The Hall–Kier alpha value is -8.54. The zero-order chi connectivity index (χ0) is 61.3. The summed E-state index contributed by atoms with van der Waals surface area (Å²) in [5.74, 6) is -6.00. The maximum absolute atomic E-state index is 13.8. The number of benzene rings is 3. The highest BCUT2D eigenvalue weighted by Gasteiger charge is 2.37. The Balaban J connectivity index is 0.916. The Morgan fingerprint density at radius 1 is 0.553 bits per heavy atom. The standard InChI is InChI=1S/C62H64N2O19S2/c1-5-50(66)75-31-7-8-45(65)21-26-52(68)76-32-29-39-9-22-46(23-10-39)80-58(71)41-13-17-43(18-14-41)60(73)82-49-36-38(3)55(57-56(49)84-62(85-57)48(37-63)64-4)83-61(74)44-19-15-42(16-20-44)59(72)81-47-24-11-40(12-25-47)30-33-77-53(69)27-28-54(70)79-35-34-78-51(67)6-2/h5-6,9-12,22-25,36,41-44H,1-2,7-8,13-21,26-35H2,3H3/b62-48+. The number of allylic oxidation sites excluding steroid dienone is 1. The minimum Gasteiger partial charge on any atom is -0.465 e. The van der Waals surface area contributed by atoms with Crippen molar-refractivity contribution >= 4 is 83.0 Å². The van der Waals surface area contributed by atoms with Crippen molar-refractivity contribution in [3.63, 3.8) is 0 Å². The molecule has 1 heterocycles. The molecule has 2 aliphatic carbocycles. The second-order valence-corrected chi connectivity index (χ2v) is 22.2. The second kappa shape index (κ2) is 33.7. The van der Waals surface area contributed by atoms with E-state index < -0.39 is 77.4 Å². The van der Waals surface area contributed by atoms with Crippen LogP contribution in [-0.4, -0.2) is 92.5 Å². The van der Waals surface area contributed by atoms with Crippen molar-refractivity contribution in [3.05, 3.63) is 118 Å². The average molecular weight is 1210 g/mol. The molecule has 3 aromatic carbocycles. The molecule has 448 valence electrons. The third-order valence-electron chi connectivity index (χ3n) is 13.8. The van der Waals surface area contributed by atoms with Crippen LogP contribution < -0.4 is 18.9 Å². The molecule has 0 saturated heterocycles. The number of Topliss-reactive ketones (excluding diaryl/α,β-unsaturated/α-hetero) is 1. The molecule has 0 N–H and O–H groups in total. The number of fused-ring (bicyclic) bond motifs is 1. The van der Waals surface area contributed by atoms with E-state index in [0.717, 1.165) is 46.8 Å². The maximum Gasteiger partial charge on any atom is 0.330 e. The summed E-state index contributed by atoms with van der Waals surface area (Å²) in [6, 6.07) is 17.0. The molecule has 0 aromatic heterocycles. The minimum atomic E-state index is -0.643. The van der Waals surface area contributed by atoms with Crippen molar-refractivity contribution in [1.29, 1.82) is 5.26 Å². The first-order valence-electron chi connectivity index (χ1n) is 27.6. The molecule has 0 amide bonds. The highest BCUT2D eigenvalue weighted by molar-refractivity contribution is 8.24. The molecule has 85 heavy (non-hydrogen) atoms. The summed E-state index contributed by atoms with van der Waals surface area (Å²) in [5, 5.41) is 9.76. The van der Waals surface area contributed by atoms with E-state index in [1.165, 1.54) is 0 Å². The molecule has 2 saturated carbocycles. The van der Waals surface area contributed by atoms with E-state index in [-0.39, 0.29) is 88.1 Å². The number of aryl methyl sites for hydroxylation is 1. The molecule has 1 aliphatic heterocycles. The lowest BCUT2D eigenvalue weighted by molar-refractivity contribution is -0.152. The third kappa shape index (κ3) is 20.9. The molecule has 0 spiro atoms. The first-order chi connectivity index (χ1) is 41.0. The van der Waals surface area contributed by atoms with Gasteiger partial charge in [-0.1, -0.05) is 60.9 Å². The Labute approximate surface area is 499 Å². The zero-order valence-electron chi connectivity index (χ0n) is 46.9. The number of thioether (sulfide) groups is 2. The Morgan fingerprint density at radius 3 is 1.42 bits per heavy atom. The van der Waals surface area contributed by atoms with Crippen LogP contribution in [0.25, 0.3) is 4.85 Å². The van der Waals surface area contributed by atoms with Gasteiger partial charge in [-0.05, 0) is 112 Å². The normalized spacial score (nSPS) is 17.4. The summed E-state index contributed by atoms with van der Waals surface area (Å²) in [6.45, 7) is 15.8. The van der Waals surface area contributed by atoms with Crippen LogP contribution in [0, 0.1) is 48.5 Å². The SMILES string of the molecule is [C-]#[N+]/C(C#N)=C1\Sc2c(OC(=O)C3CCC(C(=O)Oc4ccc(CCOC(=O)CCC(=O)CCCOC(=O)C=C)cc4)CC3)cc(C)c(OC(=O)C3CCC(C(=O)Oc4ccc(CCOC(=O)CCC(=O)OCCOC(=O)C=C)cc4)CC3)c2S1. The fourth-order valence-electron chi connectivity index (χ4n) is 9.10. The van der Waals surface area contributed by atoms with Crippen molar-refractivity contribution in [1.82, 2.24) is 0 Å². The number of nitrogens with zero attached hydrogens (tertiary/aromatic N) is 2. The van der Waals surface area contributed by atoms with E-state index >= 15 is 0 Å². The van der Waals surface area contributed by atoms with Crippen LogP contribution in [-0.2, 0) is 84.5 Å². The van der Waals surface area contributed by atoms with Crippen molar-refractivity contribution in [2.45, 2.75) is 119 Å². The molecule has 6 rings (SSSR count). The number of carbonyl (C=O) groups is 10. The Kier molecular flexibility index (Phi) is 26.0. The number of rotatable bonds is 29. The van der Waals surface area contributed by atoms with Gasteiger partial charge in [0.2, 0.25) is 0 Å². The van der Waals surface area contributed by atoms with Gasteiger partial charge in [0.05, 0.1) is 89.4 Å². The molecule has 3 aliphatic rings. The summed E-state index contributed by atoms with van der Waals surface area (Å²) in [5.41, 5.74) is 1.92. The molecule has 0 atom stereocenters. The molecule has 0 radical (unpaired) electrons. The van der Waals surface area contributed by atoms with Gasteiger partial charge < -0.3 is 42.6 Å². The monoisotopic (exact) mass is 1200 g/mol. The van der Waals surface area contributed by atoms with Crippen molar-refractivity contribution in [3.8, 4) is 29.1 Å². The molecule has 21 nitrogen and oxygen atoms in total.